The zero-order valence-electron chi connectivity index (χ0n) is 11.0. The first-order valence-electron chi connectivity index (χ1n) is 5.96. The smallest absolute Gasteiger partial charge is 0.184 e. The lowest BCUT2D eigenvalue weighted by molar-refractivity contribution is 0.103. The van der Waals surface area contributed by atoms with Gasteiger partial charge < -0.3 is 9.30 Å². The summed E-state index contributed by atoms with van der Waals surface area (Å²) >= 11 is 6.06. The van der Waals surface area contributed by atoms with Crippen LogP contribution in [0.4, 0.5) is 8.78 Å². The van der Waals surface area contributed by atoms with Crippen LogP contribution >= 0.6 is 11.6 Å². The van der Waals surface area contributed by atoms with Crippen molar-refractivity contribution in [1.29, 1.82) is 0 Å². The molecule has 0 saturated carbocycles. The van der Waals surface area contributed by atoms with Crippen molar-refractivity contribution in [3.63, 3.8) is 0 Å². The van der Waals surface area contributed by atoms with Crippen LogP contribution in [0.1, 0.15) is 25.0 Å². The molecule has 0 fully saturated rings. The van der Waals surface area contributed by atoms with Gasteiger partial charge in [0, 0.05) is 7.11 Å². The van der Waals surface area contributed by atoms with Gasteiger partial charge in [-0.3, -0.25) is 0 Å². The quantitative estimate of drug-likeness (QED) is 0.803. The highest BCUT2D eigenvalue weighted by atomic mass is 35.5. The number of rotatable bonds is 4. The van der Waals surface area contributed by atoms with Crippen LogP contribution in [0.25, 0.3) is 11.0 Å². The van der Waals surface area contributed by atoms with Crippen LogP contribution in [-0.2, 0) is 11.3 Å². The predicted molar refractivity (Wildman–Crippen MR) is 70.4 cm³/mol. The van der Waals surface area contributed by atoms with Crippen molar-refractivity contribution in [2.75, 3.05) is 7.11 Å². The summed E-state index contributed by atoms with van der Waals surface area (Å²) in [5, 5.41) is -0.404. The minimum Gasteiger partial charge on any atom is -0.380 e. The third kappa shape index (κ3) is 2.58. The molecular weight excluding hydrogens is 274 g/mol. The Kier molecular flexibility index (Phi) is 4.06. The van der Waals surface area contributed by atoms with Crippen molar-refractivity contribution >= 4 is 22.6 Å². The van der Waals surface area contributed by atoms with Crippen LogP contribution < -0.4 is 0 Å². The fraction of sp³-hybridized carbons (Fsp3) is 0.462. The van der Waals surface area contributed by atoms with E-state index < -0.39 is 17.0 Å². The van der Waals surface area contributed by atoms with Gasteiger partial charge in [0.15, 0.2) is 11.6 Å². The first kappa shape index (κ1) is 14.2. The third-order valence-electron chi connectivity index (χ3n) is 3.03. The molecule has 0 N–H and O–H groups in total. The maximum absolute atomic E-state index is 14.0. The third-order valence-corrected chi connectivity index (χ3v) is 3.22. The fourth-order valence-corrected chi connectivity index (χ4v) is 2.16. The van der Waals surface area contributed by atoms with Gasteiger partial charge in [0.25, 0.3) is 0 Å². The molecule has 1 aromatic heterocycles. The maximum atomic E-state index is 14.0. The van der Waals surface area contributed by atoms with E-state index in [4.69, 9.17) is 16.3 Å². The number of nitrogens with zero attached hydrogens (tertiary/aromatic N) is 2. The summed E-state index contributed by atoms with van der Waals surface area (Å²) in [5.41, 5.74) is 0.524. The molecule has 1 aromatic carbocycles. The highest BCUT2D eigenvalue weighted by Gasteiger charge is 2.21. The van der Waals surface area contributed by atoms with E-state index in [9.17, 15) is 8.78 Å². The topological polar surface area (TPSA) is 27.1 Å². The second kappa shape index (κ2) is 5.43. The van der Waals surface area contributed by atoms with E-state index in [1.54, 1.807) is 18.6 Å². The van der Waals surface area contributed by atoms with Crippen LogP contribution in [0.15, 0.2) is 12.1 Å². The number of hydrogen-bond acceptors (Lipinski definition) is 2. The van der Waals surface area contributed by atoms with E-state index >= 15 is 0 Å². The van der Waals surface area contributed by atoms with E-state index in [2.05, 4.69) is 4.98 Å². The van der Waals surface area contributed by atoms with Crippen LogP contribution in [0.3, 0.4) is 0 Å². The molecule has 2 aromatic rings. The van der Waals surface area contributed by atoms with E-state index in [1.165, 1.54) is 6.07 Å². The SMILES string of the molecule is COC(C)Cn1c(C(C)Cl)nc2ccc(F)c(F)c21. The maximum Gasteiger partial charge on any atom is 0.184 e. The average molecular weight is 289 g/mol. The number of benzene rings is 1. The van der Waals surface area contributed by atoms with Gasteiger partial charge in [-0.1, -0.05) is 0 Å². The van der Waals surface area contributed by atoms with Crippen molar-refractivity contribution in [3.05, 3.63) is 29.6 Å². The van der Waals surface area contributed by atoms with E-state index in [0.717, 1.165) is 6.07 Å². The Morgan fingerprint density at radius 1 is 1.37 bits per heavy atom. The molecule has 6 heteroatoms. The summed E-state index contributed by atoms with van der Waals surface area (Å²) in [6.45, 7) is 3.94. The Morgan fingerprint density at radius 3 is 2.63 bits per heavy atom. The molecule has 19 heavy (non-hydrogen) atoms. The summed E-state index contributed by atoms with van der Waals surface area (Å²) in [7, 11) is 1.56. The number of aromatic nitrogens is 2. The predicted octanol–water partition coefficient (Wildman–Crippen LogP) is 3.65. The Morgan fingerprint density at radius 2 is 2.05 bits per heavy atom. The molecule has 2 atom stereocenters. The molecule has 0 amide bonds. The Bertz CT molecular complexity index is 598. The molecule has 0 bridgehead atoms. The van der Waals surface area contributed by atoms with Gasteiger partial charge >= 0.3 is 0 Å². The molecule has 2 rings (SSSR count). The molecule has 0 radical (unpaired) electrons. The Labute approximate surface area is 115 Å². The number of ether oxygens (including phenoxy) is 1. The van der Waals surface area contributed by atoms with Gasteiger partial charge in [-0.15, -0.1) is 11.6 Å². The molecule has 0 spiro atoms. The number of fused-ring (bicyclic) bond motifs is 1. The van der Waals surface area contributed by atoms with Crippen LogP contribution in [0.2, 0.25) is 0 Å². The molecule has 0 aliphatic rings. The first-order chi connectivity index (χ1) is 8.95. The molecule has 0 saturated heterocycles. The van der Waals surface area contributed by atoms with Crippen molar-refractivity contribution in [2.24, 2.45) is 0 Å². The largest absolute Gasteiger partial charge is 0.380 e. The van der Waals surface area contributed by atoms with E-state index in [1.807, 2.05) is 6.92 Å². The summed E-state index contributed by atoms with van der Waals surface area (Å²) < 4.78 is 34.1. The van der Waals surface area contributed by atoms with Crippen LogP contribution in [0.5, 0.6) is 0 Å². The summed E-state index contributed by atoms with van der Waals surface area (Å²) in [5.74, 6) is -1.30. The number of halogens is 3. The molecule has 2 unspecified atom stereocenters. The number of hydrogen-bond donors (Lipinski definition) is 0. The number of imidazole rings is 1. The lowest BCUT2D eigenvalue weighted by Crippen LogP contribution is -2.17. The summed E-state index contributed by atoms with van der Waals surface area (Å²) in [6.07, 6.45) is -0.158. The zero-order valence-corrected chi connectivity index (χ0v) is 11.7. The highest BCUT2D eigenvalue weighted by Crippen LogP contribution is 2.27. The second-order valence-electron chi connectivity index (χ2n) is 4.47. The standard InChI is InChI=1S/C13H15ClF2N2O/c1-7(19-3)6-18-12-10(17-13(18)8(2)14)5-4-9(15)11(12)16/h4-5,7-8H,6H2,1-3H3. The molecule has 104 valence electrons. The minimum absolute atomic E-state index is 0.131. The Hall–Kier alpha value is -1.20. The van der Waals surface area contributed by atoms with Crippen molar-refractivity contribution in [1.82, 2.24) is 9.55 Å². The lowest BCUT2D eigenvalue weighted by Gasteiger charge is -2.15. The molecule has 1 heterocycles. The zero-order chi connectivity index (χ0) is 14.2. The fourth-order valence-electron chi connectivity index (χ4n) is 2.00. The Balaban J connectivity index is 2.67. The van der Waals surface area contributed by atoms with E-state index in [-0.39, 0.29) is 11.6 Å². The van der Waals surface area contributed by atoms with Gasteiger partial charge in [0.05, 0.1) is 23.5 Å². The summed E-state index contributed by atoms with van der Waals surface area (Å²) in [4.78, 5) is 4.27. The van der Waals surface area contributed by atoms with Crippen LogP contribution in [0, 0.1) is 11.6 Å². The molecular formula is C13H15ClF2N2O. The van der Waals surface area contributed by atoms with Crippen LogP contribution in [-0.4, -0.2) is 22.8 Å². The number of methoxy groups -OCH3 is 1. The normalized spacial score (nSPS) is 14.8. The van der Waals surface area contributed by atoms with Gasteiger partial charge in [-0.25, -0.2) is 13.8 Å². The van der Waals surface area contributed by atoms with Crippen molar-refractivity contribution < 1.29 is 13.5 Å². The van der Waals surface area contributed by atoms with Gasteiger partial charge in [0.2, 0.25) is 0 Å². The monoisotopic (exact) mass is 288 g/mol. The highest BCUT2D eigenvalue weighted by molar-refractivity contribution is 6.20. The van der Waals surface area contributed by atoms with Gasteiger partial charge in [0.1, 0.15) is 11.3 Å². The molecule has 0 aliphatic carbocycles. The summed E-state index contributed by atoms with van der Waals surface area (Å²) in [6, 6.07) is 2.52. The van der Waals surface area contributed by atoms with Gasteiger partial charge in [-0.05, 0) is 26.0 Å². The lowest BCUT2D eigenvalue weighted by atomic mass is 10.2. The van der Waals surface area contributed by atoms with Crippen molar-refractivity contribution in [2.45, 2.75) is 31.9 Å². The molecule has 0 aliphatic heterocycles. The molecule has 3 nitrogen and oxygen atoms in total. The minimum atomic E-state index is -0.906. The van der Waals surface area contributed by atoms with E-state index in [0.29, 0.717) is 17.9 Å². The van der Waals surface area contributed by atoms with Crippen molar-refractivity contribution in [3.8, 4) is 0 Å². The van der Waals surface area contributed by atoms with Gasteiger partial charge in [-0.2, -0.15) is 0 Å². The first-order valence-corrected chi connectivity index (χ1v) is 6.40. The second-order valence-corrected chi connectivity index (χ2v) is 5.13. The number of alkyl halides is 1. The average Bonchev–Trinajstić information content (AvgIpc) is 2.73.